The molecule has 0 saturated heterocycles. The maximum absolute atomic E-state index is 12.7. The summed E-state index contributed by atoms with van der Waals surface area (Å²) >= 11 is 0. The van der Waals surface area contributed by atoms with Gasteiger partial charge in [0.1, 0.15) is 5.82 Å². The fourth-order valence-corrected chi connectivity index (χ4v) is 3.21. The van der Waals surface area contributed by atoms with E-state index in [-0.39, 0.29) is 5.91 Å². The molecule has 7 heteroatoms. The number of aromatic nitrogens is 3. The molecule has 0 saturated carbocycles. The average molecular weight is 364 g/mol. The summed E-state index contributed by atoms with van der Waals surface area (Å²) in [7, 11) is 1.57. The monoisotopic (exact) mass is 364 g/mol. The normalized spacial score (nSPS) is 14.5. The highest BCUT2D eigenvalue weighted by molar-refractivity contribution is 5.82. The Kier molecular flexibility index (Phi) is 4.60. The highest BCUT2D eigenvalue weighted by Crippen LogP contribution is 2.25. The number of carbonyl (C=O) groups excluding carboxylic acids is 1. The van der Waals surface area contributed by atoms with Gasteiger partial charge < -0.3 is 19.7 Å². The van der Waals surface area contributed by atoms with Crippen LogP contribution in [0, 0.1) is 0 Å². The number of carbonyl (C=O) groups is 1. The Morgan fingerprint density at radius 2 is 2.07 bits per heavy atom. The number of imidazole rings is 1. The molecule has 2 N–H and O–H groups in total. The molecule has 1 amide bonds. The summed E-state index contributed by atoms with van der Waals surface area (Å²) in [6, 6.07) is 12.6. The van der Waals surface area contributed by atoms with Crippen molar-refractivity contribution in [1.29, 1.82) is 0 Å². The molecule has 2 aromatic heterocycles. The van der Waals surface area contributed by atoms with E-state index in [4.69, 9.17) is 4.74 Å². The maximum atomic E-state index is 12.7. The summed E-state index contributed by atoms with van der Waals surface area (Å²) in [5.74, 6) is 0.962. The van der Waals surface area contributed by atoms with E-state index in [1.165, 1.54) is 0 Å². The number of methoxy groups -OCH3 is 1. The molecule has 0 unspecified atom stereocenters. The number of H-pyrrole nitrogens is 1. The van der Waals surface area contributed by atoms with Crippen LogP contribution < -0.4 is 4.74 Å². The van der Waals surface area contributed by atoms with Crippen molar-refractivity contribution in [2.24, 2.45) is 0 Å². The number of nitrogens with one attached hydrogen (secondary N) is 1. The summed E-state index contributed by atoms with van der Waals surface area (Å²) in [6.07, 6.45) is 1.19. The summed E-state index contributed by atoms with van der Waals surface area (Å²) in [5, 5.41) is 10.4. The number of nitrogens with zero attached hydrogens (tertiary/aromatic N) is 3. The van der Waals surface area contributed by atoms with E-state index in [9.17, 15) is 9.90 Å². The Morgan fingerprint density at radius 1 is 1.26 bits per heavy atom. The van der Waals surface area contributed by atoms with E-state index in [1.807, 2.05) is 24.3 Å². The summed E-state index contributed by atoms with van der Waals surface area (Å²) < 4.78 is 5.08. The van der Waals surface area contributed by atoms with E-state index in [2.05, 4.69) is 15.0 Å². The summed E-state index contributed by atoms with van der Waals surface area (Å²) in [5.41, 5.74) is 3.29. The zero-order chi connectivity index (χ0) is 18.8. The van der Waals surface area contributed by atoms with Crippen molar-refractivity contribution in [2.45, 2.75) is 19.1 Å². The van der Waals surface area contributed by atoms with Crippen molar-refractivity contribution >= 4 is 5.91 Å². The van der Waals surface area contributed by atoms with Gasteiger partial charge >= 0.3 is 0 Å². The number of aliphatic hydroxyl groups is 1. The Morgan fingerprint density at radius 3 is 2.78 bits per heavy atom. The SMILES string of the molecule is COc1ccc(-c2nc3c([nH]2)CN(C(=O)[C@H](O)c2ccccc2)CC3)cn1. The fourth-order valence-electron chi connectivity index (χ4n) is 3.21. The summed E-state index contributed by atoms with van der Waals surface area (Å²) in [4.78, 5) is 26.5. The number of fused-ring (bicyclic) bond motifs is 1. The number of aromatic amines is 1. The molecule has 7 nitrogen and oxygen atoms in total. The van der Waals surface area contributed by atoms with Gasteiger partial charge in [0.15, 0.2) is 6.10 Å². The van der Waals surface area contributed by atoms with Gasteiger partial charge in [-0.2, -0.15) is 0 Å². The average Bonchev–Trinajstić information content (AvgIpc) is 3.16. The smallest absolute Gasteiger partial charge is 0.256 e. The van der Waals surface area contributed by atoms with Crippen LogP contribution in [0.2, 0.25) is 0 Å². The van der Waals surface area contributed by atoms with Crippen LogP contribution in [0.15, 0.2) is 48.7 Å². The third kappa shape index (κ3) is 3.41. The highest BCUT2D eigenvalue weighted by atomic mass is 16.5. The molecule has 1 aliphatic heterocycles. The first kappa shape index (κ1) is 17.2. The predicted molar refractivity (Wildman–Crippen MR) is 98.9 cm³/mol. The Balaban J connectivity index is 1.51. The van der Waals surface area contributed by atoms with E-state index >= 15 is 0 Å². The molecular formula is C20H20N4O3. The minimum Gasteiger partial charge on any atom is -0.481 e. The van der Waals surface area contributed by atoms with Gasteiger partial charge in [0, 0.05) is 30.8 Å². The molecule has 1 aromatic carbocycles. The second-order valence-corrected chi connectivity index (χ2v) is 6.42. The van der Waals surface area contributed by atoms with Gasteiger partial charge in [-0.15, -0.1) is 0 Å². The maximum Gasteiger partial charge on any atom is 0.256 e. The standard InChI is InChI=1S/C20H20N4O3/c1-27-17-8-7-14(11-21-17)19-22-15-9-10-24(12-16(15)23-19)20(26)18(25)13-5-3-2-4-6-13/h2-8,11,18,25H,9-10,12H2,1H3,(H,22,23)/t18-/m1/s1. The van der Waals surface area contributed by atoms with Crippen LogP contribution in [-0.4, -0.2) is 44.5 Å². The molecule has 0 radical (unpaired) electrons. The fraction of sp³-hybridized carbons (Fsp3) is 0.250. The predicted octanol–water partition coefficient (Wildman–Crippen LogP) is 2.10. The van der Waals surface area contributed by atoms with Gasteiger partial charge in [0.25, 0.3) is 5.91 Å². The van der Waals surface area contributed by atoms with E-state index in [0.717, 1.165) is 17.0 Å². The van der Waals surface area contributed by atoms with Crippen LogP contribution in [0.25, 0.3) is 11.4 Å². The number of hydrogen-bond acceptors (Lipinski definition) is 5. The topological polar surface area (TPSA) is 91.3 Å². The lowest BCUT2D eigenvalue weighted by molar-refractivity contribution is -0.141. The Hall–Kier alpha value is -3.19. The minimum atomic E-state index is -1.15. The molecule has 138 valence electrons. The molecule has 27 heavy (non-hydrogen) atoms. The molecular weight excluding hydrogens is 344 g/mol. The molecule has 0 fully saturated rings. The van der Waals surface area contributed by atoms with Crippen LogP contribution in [0.3, 0.4) is 0 Å². The number of aliphatic hydroxyl groups excluding tert-OH is 1. The van der Waals surface area contributed by atoms with E-state index in [1.54, 1.807) is 36.4 Å². The third-order valence-corrected chi connectivity index (χ3v) is 4.71. The van der Waals surface area contributed by atoms with Gasteiger partial charge in [0.2, 0.25) is 5.88 Å². The third-order valence-electron chi connectivity index (χ3n) is 4.71. The van der Waals surface area contributed by atoms with Crippen molar-refractivity contribution in [3.05, 3.63) is 65.6 Å². The molecule has 1 atom stereocenters. The Bertz CT molecular complexity index is 938. The first-order chi connectivity index (χ1) is 13.2. The number of hydrogen-bond donors (Lipinski definition) is 2. The van der Waals surface area contributed by atoms with Crippen LogP contribution in [0.4, 0.5) is 0 Å². The first-order valence-electron chi connectivity index (χ1n) is 8.75. The molecule has 0 spiro atoms. The molecule has 0 bridgehead atoms. The summed E-state index contributed by atoms with van der Waals surface area (Å²) in [6.45, 7) is 0.926. The van der Waals surface area contributed by atoms with Gasteiger partial charge in [-0.05, 0) is 11.6 Å². The van der Waals surface area contributed by atoms with E-state index in [0.29, 0.717) is 36.8 Å². The van der Waals surface area contributed by atoms with Gasteiger partial charge in [-0.3, -0.25) is 4.79 Å². The zero-order valence-electron chi connectivity index (χ0n) is 14.9. The molecule has 0 aliphatic carbocycles. The van der Waals surface area contributed by atoms with Crippen LogP contribution in [0.5, 0.6) is 5.88 Å². The quantitative estimate of drug-likeness (QED) is 0.740. The highest BCUT2D eigenvalue weighted by Gasteiger charge is 2.28. The molecule has 3 aromatic rings. The number of rotatable bonds is 4. The largest absolute Gasteiger partial charge is 0.481 e. The Labute approximate surface area is 156 Å². The number of pyridine rings is 1. The molecule has 3 heterocycles. The second-order valence-electron chi connectivity index (χ2n) is 6.42. The van der Waals surface area contributed by atoms with Crippen molar-refractivity contribution < 1.29 is 14.6 Å². The lowest BCUT2D eigenvalue weighted by atomic mass is 10.1. The molecule has 1 aliphatic rings. The van der Waals surface area contributed by atoms with Gasteiger partial charge in [-0.25, -0.2) is 9.97 Å². The number of benzene rings is 1. The number of ether oxygens (including phenoxy) is 1. The van der Waals surface area contributed by atoms with Crippen LogP contribution in [-0.2, 0) is 17.8 Å². The first-order valence-corrected chi connectivity index (χ1v) is 8.75. The second kappa shape index (κ2) is 7.20. The van der Waals surface area contributed by atoms with Crippen molar-refractivity contribution in [1.82, 2.24) is 19.9 Å². The van der Waals surface area contributed by atoms with Crippen molar-refractivity contribution in [3.63, 3.8) is 0 Å². The lowest BCUT2D eigenvalue weighted by Gasteiger charge is -2.28. The minimum absolute atomic E-state index is 0.297. The van der Waals surface area contributed by atoms with Gasteiger partial charge in [-0.1, -0.05) is 30.3 Å². The lowest BCUT2D eigenvalue weighted by Crippen LogP contribution is -2.39. The van der Waals surface area contributed by atoms with Crippen LogP contribution in [0.1, 0.15) is 23.1 Å². The van der Waals surface area contributed by atoms with Crippen molar-refractivity contribution in [2.75, 3.05) is 13.7 Å². The van der Waals surface area contributed by atoms with Crippen molar-refractivity contribution in [3.8, 4) is 17.3 Å². The molecule has 4 rings (SSSR count). The zero-order valence-corrected chi connectivity index (χ0v) is 14.9. The van der Waals surface area contributed by atoms with Gasteiger partial charge in [0.05, 0.1) is 25.0 Å². The van der Waals surface area contributed by atoms with Crippen LogP contribution >= 0.6 is 0 Å². The number of amides is 1. The van der Waals surface area contributed by atoms with E-state index < -0.39 is 6.10 Å².